The van der Waals surface area contributed by atoms with Crippen LogP contribution in [0, 0.1) is 0 Å². The fraction of sp³-hybridized carbons (Fsp3) is 0.600. The number of rotatable bonds is 4. The van der Waals surface area contributed by atoms with Crippen LogP contribution in [0.2, 0.25) is 5.15 Å². The molecule has 3 N–H and O–H groups in total. The van der Waals surface area contributed by atoms with Crippen LogP contribution in [0.3, 0.4) is 0 Å². The predicted octanol–water partition coefficient (Wildman–Crippen LogP) is 2.78. The van der Waals surface area contributed by atoms with Gasteiger partial charge in [-0.05, 0) is 31.7 Å². The molecule has 6 heteroatoms. The lowest BCUT2D eigenvalue weighted by atomic mass is 9.86. The molecule has 21 heavy (non-hydrogen) atoms. The van der Waals surface area contributed by atoms with E-state index in [9.17, 15) is 4.79 Å². The van der Waals surface area contributed by atoms with E-state index in [1.54, 1.807) is 0 Å². The zero-order chi connectivity index (χ0) is 15.5. The van der Waals surface area contributed by atoms with E-state index in [1.807, 2.05) is 0 Å². The zero-order valence-corrected chi connectivity index (χ0v) is 13.2. The molecule has 1 amide bonds. The van der Waals surface area contributed by atoms with Gasteiger partial charge in [-0.15, -0.1) is 0 Å². The number of nitrogens with two attached hydrogens (primary N) is 1. The molecule has 1 aliphatic rings. The van der Waals surface area contributed by atoms with Crippen LogP contribution in [0.15, 0.2) is 12.3 Å². The first-order valence-electron chi connectivity index (χ1n) is 7.35. The van der Waals surface area contributed by atoms with Gasteiger partial charge in [-0.3, -0.25) is 4.79 Å². The van der Waals surface area contributed by atoms with Crippen molar-refractivity contribution in [2.45, 2.75) is 51.2 Å². The molecule has 0 spiro atoms. The Labute approximate surface area is 130 Å². The molecule has 1 aromatic rings. The van der Waals surface area contributed by atoms with Gasteiger partial charge in [0.15, 0.2) is 0 Å². The first-order chi connectivity index (χ1) is 9.99. The Kier molecular flexibility index (Phi) is 5.06. The van der Waals surface area contributed by atoms with Crippen LogP contribution >= 0.6 is 11.6 Å². The lowest BCUT2D eigenvalue weighted by Gasteiger charge is -2.40. The highest BCUT2D eigenvalue weighted by Gasteiger charge is 2.35. The smallest absolute Gasteiger partial charge is 0.253 e. The monoisotopic (exact) mass is 311 g/mol. The average Bonchev–Trinajstić information content (AvgIpc) is 2.49. The topological polar surface area (TPSA) is 77.2 Å². The number of carbonyl (C=O) groups excluding carboxylic acids is 1. The molecule has 2 rings (SSSR count). The van der Waals surface area contributed by atoms with E-state index in [0.717, 1.165) is 25.7 Å². The Hall–Kier alpha value is -1.33. The van der Waals surface area contributed by atoms with Crippen molar-refractivity contribution in [3.05, 3.63) is 23.0 Å². The fourth-order valence-electron chi connectivity index (χ4n) is 2.79. The van der Waals surface area contributed by atoms with Crippen molar-refractivity contribution >= 4 is 23.2 Å². The lowest BCUT2D eigenvalue weighted by molar-refractivity contribution is -0.0917. The number of halogens is 1. The fourth-order valence-corrected chi connectivity index (χ4v) is 2.95. The second-order valence-corrected chi connectivity index (χ2v) is 5.88. The van der Waals surface area contributed by atoms with Crippen LogP contribution < -0.4 is 11.1 Å². The summed E-state index contributed by atoms with van der Waals surface area (Å²) in [6.07, 6.45) is 4.93. The molecular formula is C15H22ClN3O2. The van der Waals surface area contributed by atoms with E-state index < -0.39 is 0 Å². The first-order valence-corrected chi connectivity index (χ1v) is 7.73. The minimum atomic E-state index is -0.204. The Morgan fingerprint density at radius 3 is 2.95 bits per heavy atom. The second-order valence-electron chi connectivity index (χ2n) is 5.50. The third kappa shape index (κ3) is 3.66. The summed E-state index contributed by atoms with van der Waals surface area (Å²) in [6.45, 7) is 4.90. The molecule has 116 valence electrons. The van der Waals surface area contributed by atoms with Crippen molar-refractivity contribution in [1.29, 1.82) is 0 Å². The summed E-state index contributed by atoms with van der Waals surface area (Å²) in [6, 6.07) is 1.59. The van der Waals surface area contributed by atoms with Gasteiger partial charge in [-0.25, -0.2) is 4.98 Å². The van der Waals surface area contributed by atoms with Crippen LogP contribution in [-0.2, 0) is 4.74 Å². The van der Waals surface area contributed by atoms with Gasteiger partial charge < -0.3 is 15.8 Å². The molecular weight excluding hydrogens is 290 g/mol. The molecule has 0 aliphatic carbocycles. The van der Waals surface area contributed by atoms with Gasteiger partial charge in [0, 0.05) is 12.6 Å². The Bertz CT molecular complexity index is 518. The minimum Gasteiger partial charge on any atom is -0.397 e. The van der Waals surface area contributed by atoms with Crippen LogP contribution in [0.25, 0.3) is 0 Å². The van der Waals surface area contributed by atoms with E-state index in [-0.39, 0.29) is 22.7 Å². The van der Waals surface area contributed by atoms with Crippen molar-refractivity contribution in [2.24, 2.45) is 0 Å². The van der Waals surface area contributed by atoms with Gasteiger partial charge in [0.2, 0.25) is 0 Å². The quantitative estimate of drug-likeness (QED) is 0.838. The maximum atomic E-state index is 12.4. The summed E-state index contributed by atoms with van der Waals surface area (Å²) >= 11 is 5.83. The summed E-state index contributed by atoms with van der Waals surface area (Å²) in [5.41, 5.74) is 6.38. The number of pyridine rings is 1. The van der Waals surface area contributed by atoms with E-state index in [2.05, 4.69) is 24.1 Å². The molecule has 1 aromatic heterocycles. The van der Waals surface area contributed by atoms with E-state index in [0.29, 0.717) is 17.9 Å². The van der Waals surface area contributed by atoms with Crippen LogP contribution in [-0.4, -0.2) is 29.1 Å². The second kappa shape index (κ2) is 6.62. The molecule has 5 nitrogen and oxygen atoms in total. The summed E-state index contributed by atoms with van der Waals surface area (Å²) in [7, 11) is 0. The third-order valence-electron chi connectivity index (χ3n) is 4.26. The highest BCUT2D eigenvalue weighted by atomic mass is 35.5. The Morgan fingerprint density at radius 1 is 1.57 bits per heavy atom. The molecule has 2 heterocycles. The molecule has 1 unspecified atom stereocenters. The molecule has 1 aliphatic heterocycles. The van der Waals surface area contributed by atoms with Crippen molar-refractivity contribution in [2.75, 3.05) is 12.3 Å². The first kappa shape index (κ1) is 16.0. The summed E-state index contributed by atoms with van der Waals surface area (Å²) in [4.78, 5) is 16.2. The number of nitrogens with zero attached hydrogens (tertiary/aromatic N) is 1. The van der Waals surface area contributed by atoms with Gasteiger partial charge in [0.1, 0.15) is 5.15 Å². The van der Waals surface area contributed by atoms with Gasteiger partial charge >= 0.3 is 0 Å². The summed E-state index contributed by atoms with van der Waals surface area (Å²) in [5.74, 6) is -0.204. The van der Waals surface area contributed by atoms with Gasteiger partial charge in [-0.2, -0.15) is 0 Å². The number of hydrogen-bond donors (Lipinski definition) is 2. The van der Waals surface area contributed by atoms with Gasteiger partial charge in [0.05, 0.1) is 23.0 Å². The lowest BCUT2D eigenvalue weighted by Crippen LogP contribution is -2.48. The molecule has 0 radical (unpaired) electrons. The molecule has 0 aromatic carbocycles. The maximum Gasteiger partial charge on any atom is 0.253 e. The number of nitrogens with one attached hydrogen (secondary N) is 1. The van der Waals surface area contributed by atoms with Crippen molar-refractivity contribution < 1.29 is 9.53 Å². The van der Waals surface area contributed by atoms with Gasteiger partial charge in [0.25, 0.3) is 5.91 Å². The van der Waals surface area contributed by atoms with Gasteiger partial charge in [-0.1, -0.05) is 25.4 Å². The highest BCUT2D eigenvalue weighted by molar-refractivity contribution is 6.29. The standard InChI is InChI=1S/C15H22ClN3O2/c1-3-15(4-2)8-10(5-6-21-15)19-14(20)11-7-13(16)18-9-12(11)17/h7,9-10H,3-6,8,17H2,1-2H3,(H,19,20). The highest BCUT2D eigenvalue weighted by Crippen LogP contribution is 2.31. The zero-order valence-electron chi connectivity index (χ0n) is 12.5. The SMILES string of the molecule is CCC1(CC)CC(NC(=O)c2cc(Cl)ncc2N)CCO1. The molecule has 1 saturated heterocycles. The Morgan fingerprint density at radius 2 is 2.29 bits per heavy atom. The normalized spacial score (nSPS) is 21.0. The maximum absolute atomic E-state index is 12.4. The number of carbonyl (C=O) groups is 1. The molecule has 1 fully saturated rings. The molecule has 0 saturated carbocycles. The molecule has 0 bridgehead atoms. The van der Waals surface area contributed by atoms with Crippen molar-refractivity contribution in [1.82, 2.24) is 10.3 Å². The van der Waals surface area contributed by atoms with Crippen LogP contribution in [0.1, 0.15) is 49.9 Å². The van der Waals surface area contributed by atoms with E-state index in [4.69, 9.17) is 22.1 Å². The van der Waals surface area contributed by atoms with Crippen LogP contribution in [0.5, 0.6) is 0 Å². The largest absolute Gasteiger partial charge is 0.397 e. The Balaban J connectivity index is 2.07. The average molecular weight is 312 g/mol. The minimum absolute atomic E-state index is 0.0949. The van der Waals surface area contributed by atoms with E-state index in [1.165, 1.54) is 12.3 Å². The summed E-state index contributed by atoms with van der Waals surface area (Å²) < 4.78 is 5.92. The number of ether oxygens (including phenoxy) is 1. The summed E-state index contributed by atoms with van der Waals surface area (Å²) in [5, 5.41) is 3.30. The number of nitrogen functional groups attached to an aromatic ring is 1. The third-order valence-corrected chi connectivity index (χ3v) is 4.47. The van der Waals surface area contributed by atoms with Crippen molar-refractivity contribution in [3.8, 4) is 0 Å². The van der Waals surface area contributed by atoms with Crippen LogP contribution in [0.4, 0.5) is 5.69 Å². The number of anilines is 1. The number of amides is 1. The molecule has 1 atom stereocenters. The van der Waals surface area contributed by atoms with Crippen molar-refractivity contribution in [3.63, 3.8) is 0 Å². The number of aromatic nitrogens is 1. The predicted molar refractivity (Wildman–Crippen MR) is 83.4 cm³/mol. The van der Waals surface area contributed by atoms with E-state index >= 15 is 0 Å². The number of hydrogen-bond acceptors (Lipinski definition) is 4.